The van der Waals surface area contributed by atoms with Crippen molar-refractivity contribution in [2.24, 2.45) is 5.41 Å². The van der Waals surface area contributed by atoms with Crippen LogP contribution in [0.15, 0.2) is 0 Å². The average Bonchev–Trinajstić information content (AvgIpc) is 3.27. The molecular formula is C25H45N5O5. The summed E-state index contributed by atoms with van der Waals surface area (Å²) in [5, 5.41) is 15.3. The van der Waals surface area contributed by atoms with Gasteiger partial charge in [-0.3, -0.25) is 24.1 Å². The lowest BCUT2D eigenvalue weighted by Gasteiger charge is -2.38. The molecule has 35 heavy (non-hydrogen) atoms. The molecular weight excluding hydrogens is 450 g/mol. The molecule has 0 aromatic heterocycles. The summed E-state index contributed by atoms with van der Waals surface area (Å²) in [4.78, 5) is 55.7. The molecule has 0 saturated carbocycles. The Morgan fingerprint density at radius 2 is 1.69 bits per heavy atom. The van der Waals surface area contributed by atoms with Gasteiger partial charge in [0, 0.05) is 45.1 Å². The fraction of sp³-hybridized carbons (Fsp3) is 0.840. The quantitative estimate of drug-likeness (QED) is 0.402. The summed E-state index contributed by atoms with van der Waals surface area (Å²) in [6, 6.07) is -1.16. The highest BCUT2D eigenvalue weighted by molar-refractivity contribution is 5.88. The first-order chi connectivity index (χ1) is 16.4. The molecule has 0 aliphatic carbocycles. The molecule has 2 aliphatic rings. The van der Waals surface area contributed by atoms with Crippen molar-refractivity contribution in [3.8, 4) is 0 Å². The van der Waals surface area contributed by atoms with E-state index in [-0.39, 0.29) is 54.7 Å². The smallest absolute Gasteiger partial charge is 0.242 e. The van der Waals surface area contributed by atoms with Crippen LogP contribution in [-0.4, -0.2) is 108 Å². The summed E-state index contributed by atoms with van der Waals surface area (Å²) >= 11 is 0. The lowest BCUT2D eigenvalue weighted by atomic mass is 9.91. The van der Waals surface area contributed by atoms with Crippen LogP contribution in [0.25, 0.3) is 0 Å². The van der Waals surface area contributed by atoms with Crippen molar-refractivity contribution in [3.05, 3.63) is 0 Å². The third-order valence-electron chi connectivity index (χ3n) is 6.74. The first kappa shape index (κ1) is 29.0. The largest absolute Gasteiger partial charge is 0.394 e. The number of nitrogens with one attached hydrogen (secondary N) is 2. The molecule has 200 valence electrons. The molecule has 2 unspecified atom stereocenters. The van der Waals surface area contributed by atoms with Crippen molar-refractivity contribution in [1.82, 2.24) is 25.3 Å². The van der Waals surface area contributed by atoms with Crippen molar-refractivity contribution in [3.63, 3.8) is 0 Å². The minimum absolute atomic E-state index is 0.00261. The van der Waals surface area contributed by atoms with E-state index in [0.717, 1.165) is 25.7 Å². The Bertz CT molecular complexity index is 751. The molecule has 3 atom stereocenters. The number of carbonyl (C=O) groups is 4. The van der Waals surface area contributed by atoms with Crippen molar-refractivity contribution in [2.45, 2.75) is 83.8 Å². The molecule has 0 aromatic rings. The Kier molecular flexibility index (Phi) is 11.0. The van der Waals surface area contributed by atoms with E-state index in [1.165, 1.54) is 0 Å². The van der Waals surface area contributed by atoms with Crippen LogP contribution >= 0.6 is 0 Å². The maximum atomic E-state index is 12.9. The Balaban J connectivity index is 1.78. The van der Waals surface area contributed by atoms with Crippen molar-refractivity contribution < 1.29 is 24.3 Å². The second-order valence-corrected chi connectivity index (χ2v) is 11.2. The first-order valence-electron chi connectivity index (χ1n) is 12.9. The zero-order valence-corrected chi connectivity index (χ0v) is 22.1. The van der Waals surface area contributed by atoms with Crippen LogP contribution in [0.5, 0.6) is 0 Å². The van der Waals surface area contributed by atoms with Gasteiger partial charge >= 0.3 is 0 Å². The highest BCUT2D eigenvalue weighted by atomic mass is 16.3. The molecule has 2 heterocycles. The SMILES string of the molecule is CN(C)[C@@H](CO)C(=O)N1CCCCC1CNC(=O)CCNC(=O)C1CCCN1C(=O)CC(C)(C)C. The van der Waals surface area contributed by atoms with Gasteiger partial charge in [0.05, 0.1) is 6.61 Å². The van der Waals surface area contributed by atoms with Gasteiger partial charge in [-0.15, -0.1) is 0 Å². The predicted octanol–water partition coefficient (Wildman–Crippen LogP) is 0.340. The highest BCUT2D eigenvalue weighted by Crippen LogP contribution is 2.25. The standard InChI is InChI=1S/C25H45N5O5/c1-25(2,3)15-22(33)30-14-8-10-19(30)23(34)26-12-11-21(32)27-16-18-9-6-7-13-29(18)24(35)20(17-31)28(4)5/h18-20,31H,6-17H2,1-5H3,(H,26,34)(H,27,32)/t18?,19?,20-/m0/s1. The van der Waals surface area contributed by atoms with Gasteiger partial charge in [0.2, 0.25) is 23.6 Å². The molecule has 10 heteroatoms. The second-order valence-electron chi connectivity index (χ2n) is 11.2. The lowest BCUT2D eigenvalue weighted by Crippen LogP contribution is -2.56. The average molecular weight is 496 g/mol. The zero-order chi connectivity index (χ0) is 26.2. The molecule has 4 amide bonds. The summed E-state index contributed by atoms with van der Waals surface area (Å²) < 4.78 is 0. The third kappa shape index (κ3) is 8.75. The highest BCUT2D eigenvalue weighted by Gasteiger charge is 2.35. The molecule has 0 bridgehead atoms. The number of aliphatic hydroxyl groups is 1. The van der Waals surface area contributed by atoms with Gasteiger partial charge in [0.1, 0.15) is 12.1 Å². The van der Waals surface area contributed by atoms with Gasteiger partial charge < -0.3 is 25.5 Å². The van der Waals surface area contributed by atoms with E-state index in [1.54, 1.807) is 28.8 Å². The van der Waals surface area contributed by atoms with Gasteiger partial charge in [0.15, 0.2) is 0 Å². The van der Waals surface area contributed by atoms with E-state index in [9.17, 15) is 24.3 Å². The third-order valence-corrected chi connectivity index (χ3v) is 6.74. The summed E-state index contributed by atoms with van der Waals surface area (Å²) in [7, 11) is 3.53. The second kappa shape index (κ2) is 13.2. The summed E-state index contributed by atoms with van der Waals surface area (Å²) in [5.41, 5.74) is -0.136. The maximum absolute atomic E-state index is 12.9. The van der Waals surface area contributed by atoms with Crippen LogP contribution < -0.4 is 10.6 Å². The molecule has 0 radical (unpaired) electrons. The van der Waals surface area contributed by atoms with Crippen molar-refractivity contribution in [1.29, 1.82) is 0 Å². The minimum atomic E-state index is -0.591. The van der Waals surface area contributed by atoms with Gasteiger partial charge in [-0.1, -0.05) is 20.8 Å². The number of likely N-dealkylation sites (N-methyl/N-ethyl adjacent to an activating group) is 1. The topological polar surface area (TPSA) is 122 Å². The van der Waals surface area contributed by atoms with Crippen LogP contribution in [0.1, 0.15) is 65.7 Å². The van der Waals surface area contributed by atoms with E-state index >= 15 is 0 Å². The number of carbonyl (C=O) groups excluding carboxylic acids is 4. The van der Waals surface area contributed by atoms with E-state index in [1.807, 2.05) is 20.8 Å². The summed E-state index contributed by atoms with van der Waals surface area (Å²) in [6.45, 7) is 7.52. The van der Waals surface area contributed by atoms with Gasteiger partial charge in [0.25, 0.3) is 0 Å². The fourth-order valence-corrected chi connectivity index (χ4v) is 4.79. The van der Waals surface area contributed by atoms with Crippen molar-refractivity contribution in [2.75, 3.05) is 46.9 Å². The number of amides is 4. The Hall–Kier alpha value is -2.20. The van der Waals surface area contributed by atoms with Crippen molar-refractivity contribution >= 4 is 23.6 Å². The minimum Gasteiger partial charge on any atom is -0.394 e. The molecule has 2 aliphatic heterocycles. The van der Waals surface area contributed by atoms with Gasteiger partial charge in [-0.25, -0.2) is 0 Å². The van der Waals surface area contributed by atoms with E-state index in [0.29, 0.717) is 32.5 Å². The van der Waals surface area contributed by atoms with E-state index < -0.39 is 12.1 Å². The lowest BCUT2D eigenvalue weighted by molar-refractivity contribution is -0.141. The number of likely N-dealkylation sites (tertiary alicyclic amines) is 2. The number of rotatable bonds is 10. The Morgan fingerprint density at radius 3 is 2.31 bits per heavy atom. The fourth-order valence-electron chi connectivity index (χ4n) is 4.79. The number of nitrogens with zero attached hydrogens (tertiary/aromatic N) is 3. The van der Waals surface area contributed by atoms with Gasteiger partial charge in [-0.2, -0.15) is 0 Å². The van der Waals surface area contributed by atoms with Crippen LogP contribution in [0.2, 0.25) is 0 Å². The number of hydrogen-bond acceptors (Lipinski definition) is 6. The number of piperidine rings is 1. The zero-order valence-electron chi connectivity index (χ0n) is 22.1. The predicted molar refractivity (Wildman–Crippen MR) is 133 cm³/mol. The molecule has 2 rings (SSSR count). The Labute approximate surface area is 209 Å². The summed E-state index contributed by atoms with van der Waals surface area (Å²) in [5.74, 6) is -0.523. The van der Waals surface area contributed by atoms with Crippen LogP contribution in [0.3, 0.4) is 0 Å². The van der Waals surface area contributed by atoms with E-state index in [4.69, 9.17) is 0 Å². The molecule has 3 N–H and O–H groups in total. The van der Waals surface area contributed by atoms with Crippen LogP contribution in [0.4, 0.5) is 0 Å². The molecule has 0 spiro atoms. The normalized spacial score (nSPS) is 21.7. The Morgan fingerprint density at radius 1 is 1.00 bits per heavy atom. The van der Waals surface area contributed by atoms with Gasteiger partial charge in [-0.05, 0) is 51.6 Å². The maximum Gasteiger partial charge on any atom is 0.242 e. The monoisotopic (exact) mass is 495 g/mol. The molecule has 10 nitrogen and oxygen atoms in total. The molecule has 0 aromatic carbocycles. The first-order valence-corrected chi connectivity index (χ1v) is 12.9. The van der Waals surface area contributed by atoms with Crippen LogP contribution in [-0.2, 0) is 19.2 Å². The molecule has 2 saturated heterocycles. The van der Waals surface area contributed by atoms with E-state index in [2.05, 4.69) is 10.6 Å². The number of hydrogen-bond donors (Lipinski definition) is 3. The molecule has 2 fully saturated rings. The number of aliphatic hydroxyl groups excluding tert-OH is 1. The van der Waals surface area contributed by atoms with Crippen LogP contribution in [0, 0.1) is 5.41 Å². The summed E-state index contributed by atoms with van der Waals surface area (Å²) in [6.07, 6.45) is 4.66.